The number of carbonyl (C=O) groups excluding carboxylic acids is 1. The Labute approximate surface area is 113 Å². The topological polar surface area (TPSA) is 66.9 Å². The molecule has 19 heavy (non-hydrogen) atoms. The number of nitrogens with zero attached hydrogens (tertiary/aromatic N) is 2. The van der Waals surface area contributed by atoms with Crippen molar-refractivity contribution in [2.75, 3.05) is 5.32 Å². The van der Waals surface area contributed by atoms with Crippen molar-refractivity contribution in [1.82, 2.24) is 15.3 Å². The van der Waals surface area contributed by atoms with Crippen LogP contribution in [0, 0.1) is 17.8 Å². The van der Waals surface area contributed by atoms with Crippen molar-refractivity contribution in [1.29, 1.82) is 0 Å². The van der Waals surface area contributed by atoms with E-state index < -0.39 is 0 Å². The predicted octanol–water partition coefficient (Wildman–Crippen LogP) is 2.42. The summed E-state index contributed by atoms with van der Waals surface area (Å²) in [6.07, 6.45) is 10.1. The lowest BCUT2D eigenvalue weighted by atomic mass is 9.84. The fraction of sp³-hybridized carbons (Fsp3) is 0.643. The van der Waals surface area contributed by atoms with Crippen LogP contribution in [0.4, 0.5) is 10.6 Å². The summed E-state index contributed by atoms with van der Waals surface area (Å²) < 4.78 is 0. The maximum absolute atomic E-state index is 11.9. The summed E-state index contributed by atoms with van der Waals surface area (Å²) in [7, 11) is 0. The molecule has 1 heterocycles. The van der Waals surface area contributed by atoms with E-state index >= 15 is 0 Å². The van der Waals surface area contributed by atoms with E-state index in [1.807, 2.05) is 0 Å². The lowest BCUT2D eigenvalue weighted by Gasteiger charge is -2.28. The van der Waals surface area contributed by atoms with Gasteiger partial charge in [0.15, 0.2) is 5.82 Å². The molecule has 2 fully saturated rings. The number of anilines is 1. The van der Waals surface area contributed by atoms with Crippen LogP contribution in [-0.2, 0) is 0 Å². The third kappa shape index (κ3) is 2.69. The van der Waals surface area contributed by atoms with Gasteiger partial charge in [-0.05, 0) is 43.9 Å². The van der Waals surface area contributed by atoms with Gasteiger partial charge in [-0.3, -0.25) is 10.3 Å². The van der Waals surface area contributed by atoms with Crippen LogP contribution in [-0.4, -0.2) is 22.0 Å². The molecule has 5 nitrogen and oxygen atoms in total. The molecule has 2 aliphatic carbocycles. The highest BCUT2D eigenvalue weighted by Gasteiger charge is 2.42. The van der Waals surface area contributed by atoms with Gasteiger partial charge in [-0.15, -0.1) is 0 Å². The van der Waals surface area contributed by atoms with Gasteiger partial charge in [-0.2, -0.15) is 0 Å². The normalized spacial score (nSPS) is 30.1. The van der Waals surface area contributed by atoms with Gasteiger partial charge >= 0.3 is 6.03 Å². The minimum atomic E-state index is -0.184. The molecule has 102 valence electrons. The maximum atomic E-state index is 11.9. The zero-order valence-corrected chi connectivity index (χ0v) is 11.2. The lowest BCUT2D eigenvalue weighted by Crippen LogP contribution is -2.42. The van der Waals surface area contributed by atoms with Crippen LogP contribution in [0.5, 0.6) is 0 Å². The smallest absolute Gasteiger partial charge is 0.320 e. The first-order valence-corrected chi connectivity index (χ1v) is 7.06. The van der Waals surface area contributed by atoms with E-state index in [1.165, 1.54) is 25.7 Å². The molecule has 2 saturated carbocycles. The SMILES string of the molecule is CC(NC(=O)Nc1cnccn1)C1CC2CCC1C2. The summed E-state index contributed by atoms with van der Waals surface area (Å²) in [4.78, 5) is 19.8. The molecule has 0 saturated heterocycles. The van der Waals surface area contributed by atoms with Gasteiger partial charge in [0.25, 0.3) is 0 Å². The molecule has 0 aromatic carbocycles. The number of rotatable bonds is 3. The summed E-state index contributed by atoms with van der Waals surface area (Å²) in [5.74, 6) is 2.85. The molecule has 5 heteroatoms. The van der Waals surface area contributed by atoms with Crippen molar-refractivity contribution in [2.24, 2.45) is 17.8 Å². The van der Waals surface area contributed by atoms with Gasteiger partial charge in [0.1, 0.15) is 0 Å². The second-order valence-corrected chi connectivity index (χ2v) is 5.82. The zero-order chi connectivity index (χ0) is 13.2. The molecule has 2 bridgehead atoms. The number of hydrogen-bond acceptors (Lipinski definition) is 3. The fourth-order valence-corrected chi connectivity index (χ4v) is 3.74. The van der Waals surface area contributed by atoms with Gasteiger partial charge in [0, 0.05) is 18.4 Å². The molecule has 2 amide bonds. The quantitative estimate of drug-likeness (QED) is 0.877. The maximum Gasteiger partial charge on any atom is 0.320 e. The zero-order valence-electron chi connectivity index (χ0n) is 11.2. The summed E-state index contributed by atoms with van der Waals surface area (Å²) in [6.45, 7) is 2.11. The van der Waals surface area contributed by atoms with E-state index in [0.717, 1.165) is 11.8 Å². The van der Waals surface area contributed by atoms with E-state index in [9.17, 15) is 4.79 Å². The molecule has 0 aliphatic heterocycles. The van der Waals surface area contributed by atoms with Crippen molar-refractivity contribution < 1.29 is 4.79 Å². The Morgan fingerprint density at radius 1 is 1.37 bits per heavy atom. The molecule has 4 unspecified atom stereocenters. The van der Waals surface area contributed by atoms with Crippen LogP contribution in [0.15, 0.2) is 18.6 Å². The Balaban J connectivity index is 1.52. The minimum Gasteiger partial charge on any atom is -0.335 e. The van der Waals surface area contributed by atoms with E-state index in [0.29, 0.717) is 11.7 Å². The van der Waals surface area contributed by atoms with Gasteiger partial charge in [0.2, 0.25) is 0 Å². The van der Waals surface area contributed by atoms with Crippen LogP contribution in [0.3, 0.4) is 0 Å². The summed E-state index contributed by atoms with van der Waals surface area (Å²) >= 11 is 0. The highest BCUT2D eigenvalue weighted by molar-refractivity contribution is 5.88. The van der Waals surface area contributed by atoms with E-state index in [4.69, 9.17) is 0 Å². The van der Waals surface area contributed by atoms with Crippen molar-refractivity contribution in [3.63, 3.8) is 0 Å². The van der Waals surface area contributed by atoms with Crippen molar-refractivity contribution in [3.8, 4) is 0 Å². The molecule has 2 aliphatic rings. The van der Waals surface area contributed by atoms with Crippen LogP contribution in [0.25, 0.3) is 0 Å². The van der Waals surface area contributed by atoms with Gasteiger partial charge in [0.05, 0.1) is 6.20 Å². The molecule has 1 aromatic heterocycles. The minimum absolute atomic E-state index is 0.184. The van der Waals surface area contributed by atoms with Crippen molar-refractivity contribution >= 4 is 11.8 Å². The molecule has 0 radical (unpaired) electrons. The summed E-state index contributed by atoms with van der Waals surface area (Å²) in [5, 5.41) is 5.75. The predicted molar refractivity (Wildman–Crippen MR) is 72.6 cm³/mol. The Bertz CT molecular complexity index is 450. The molecule has 2 N–H and O–H groups in total. The number of nitrogens with one attached hydrogen (secondary N) is 2. The summed E-state index contributed by atoms with van der Waals surface area (Å²) in [6, 6.07) is 0.0442. The van der Waals surface area contributed by atoms with Crippen LogP contribution in [0.2, 0.25) is 0 Å². The highest BCUT2D eigenvalue weighted by Crippen LogP contribution is 2.49. The average molecular weight is 260 g/mol. The van der Waals surface area contributed by atoms with Crippen LogP contribution >= 0.6 is 0 Å². The largest absolute Gasteiger partial charge is 0.335 e. The first kappa shape index (κ1) is 12.4. The van der Waals surface area contributed by atoms with Gasteiger partial charge in [-0.25, -0.2) is 9.78 Å². The first-order valence-electron chi connectivity index (χ1n) is 7.06. The molecule has 1 aromatic rings. The Kier molecular flexibility index (Phi) is 3.36. The van der Waals surface area contributed by atoms with E-state index in [1.54, 1.807) is 18.6 Å². The Hall–Kier alpha value is -1.65. The van der Waals surface area contributed by atoms with Gasteiger partial charge < -0.3 is 5.32 Å². The molecular weight excluding hydrogens is 240 g/mol. The number of aromatic nitrogens is 2. The first-order chi connectivity index (χ1) is 9.22. The van der Waals surface area contributed by atoms with E-state index in [2.05, 4.69) is 27.5 Å². The number of amides is 2. The van der Waals surface area contributed by atoms with Crippen LogP contribution in [0.1, 0.15) is 32.6 Å². The second kappa shape index (κ2) is 5.15. The number of fused-ring (bicyclic) bond motifs is 2. The fourth-order valence-electron chi connectivity index (χ4n) is 3.74. The number of carbonyl (C=O) groups is 1. The Morgan fingerprint density at radius 2 is 2.26 bits per heavy atom. The molecule has 4 atom stereocenters. The van der Waals surface area contributed by atoms with Gasteiger partial charge in [-0.1, -0.05) is 6.42 Å². The number of hydrogen-bond donors (Lipinski definition) is 2. The third-order valence-electron chi connectivity index (χ3n) is 4.60. The lowest BCUT2D eigenvalue weighted by molar-refractivity contribution is 0.230. The van der Waals surface area contributed by atoms with E-state index in [-0.39, 0.29) is 12.1 Å². The van der Waals surface area contributed by atoms with Crippen molar-refractivity contribution in [2.45, 2.75) is 38.6 Å². The molecular formula is C14H20N4O. The van der Waals surface area contributed by atoms with Crippen LogP contribution < -0.4 is 10.6 Å². The monoisotopic (exact) mass is 260 g/mol. The number of urea groups is 1. The second-order valence-electron chi connectivity index (χ2n) is 5.82. The average Bonchev–Trinajstić information content (AvgIpc) is 3.02. The summed E-state index contributed by atoms with van der Waals surface area (Å²) in [5.41, 5.74) is 0. The third-order valence-corrected chi connectivity index (χ3v) is 4.60. The molecule has 0 spiro atoms. The standard InChI is InChI=1S/C14H20N4O/c1-9(12-7-10-2-3-11(12)6-10)17-14(19)18-13-8-15-4-5-16-13/h4-5,8-12H,2-3,6-7H2,1H3,(H2,16,17,18,19). The molecule has 3 rings (SSSR count). The van der Waals surface area contributed by atoms with Crippen molar-refractivity contribution in [3.05, 3.63) is 18.6 Å². The highest BCUT2D eigenvalue weighted by atomic mass is 16.2. The Morgan fingerprint density at radius 3 is 2.89 bits per heavy atom.